The Bertz CT molecular complexity index is 93.8. The van der Waals surface area contributed by atoms with Crippen molar-refractivity contribution in [2.45, 2.75) is 13.8 Å². The minimum absolute atomic E-state index is 0.456. The first-order valence-corrected chi connectivity index (χ1v) is 11.5. The Morgan fingerprint density at radius 3 is 1.69 bits per heavy atom. The summed E-state index contributed by atoms with van der Waals surface area (Å²) in [6, 6.07) is 0. The van der Waals surface area contributed by atoms with Crippen LogP contribution in [-0.2, 0) is 30.0 Å². The second kappa shape index (κ2) is 23.2. The van der Waals surface area contributed by atoms with E-state index < -0.39 is 15.2 Å². The van der Waals surface area contributed by atoms with Crippen LogP contribution in [0.15, 0.2) is 0 Å². The van der Waals surface area contributed by atoms with Gasteiger partial charge in [-0.05, 0) is 20.8 Å². The first-order chi connectivity index (χ1) is 6.22. The molecule has 13 heavy (non-hydrogen) atoms. The van der Waals surface area contributed by atoms with E-state index in [0.29, 0.717) is 13.2 Å². The van der Waals surface area contributed by atoms with Crippen LogP contribution in [0.2, 0.25) is 0 Å². The fourth-order valence-electron chi connectivity index (χ4n) is 0.277. The summed E-state index contributed by atoms with van der Waals surface area (Å²) in [6.07, 6.45) is 0. The molecule has 0 heterocycles. The molecule has 0 saturated heterocycles. The van der Waals surface area contributed by atoms with Crippen molar-refractivity contribution in [3.05, 3.63) is 6.93 Å². The third-order valence-electron chi connectivity index (χ3n) is 0.524. The summed E-state index contributed by atoms with van der Waals surface area (Å²) < 4.78 is 38.6. The van der Waals surface area contributed by atoms with Crippen molar-refractivity contribution in [3.63, 3.8) is 0 Å². The summed E-state index contributed by atoms with van der Waals surface area (Å²) >= 11 is 4.25. The van der Waals surface area contributed by atoms with Gasteiger partial charge in [-0.15, -0.1) is 0 Å². The molecule has 0 aliphatic heterocycles. The normalized spacial score (nSPS) is 8.31. The molecule has 8 heteroatoms. The number of hydrogen-bond acceptors (Lipinski definition) is 3. The molecule has 0 unspecified atom stereocenters. The van der Waals surface area contributed by atoms with Crippen LogP contribution in [0.4, 0.5) is 8.78 Å². The Morgan fingerprint density at radius 1 is 1.31 bits per heavy atom. The Morgan fingerprint density at radius 2 is 1.54 bits per heavy atom. The van der Waals surface area contributed by atoms with Crippen LogP contribution in [-0.4, -0.2) is 13.2 Å². The van der Waals surface area contributed by atoms with E-state index in [1.807, 2.05) is 0 Å². The molecule has 0 spiro atoms. The molecule has 0 aliphatic rings. The summed E-state index contributed by atoms with van der Waals surface area (Å²) in [5.74, 6) is 0. The van der Waals surface area contributed by atoms with E-state index in [0.717, 1.165) is 0 Å². The fraction of sp³-hybridized carbons (Fsp3) is 0.800. The molecule has 0 fully saturated rings. The van der Waals surface area contributed by atoms with Gasteiger partial charge >= 0.3 is 38.2 Å². The third-order valence-corrected chi connectivity index (χ3v) is 1.57. The minimum atomic E-state index is -2.14. The molecule has 0 aromatic heterocycles. The maximum atomic E-state index is 10.4. The SMILES string of the molecule is CCO[PH](=O)OCC.F[CH-]F.[Zn+][Br]. The molecule has 0 aromatic rings. The first kappa shape index (κ1) is 19.7. The predicted octanol–water partition coefficient (Wildman–Crippen LogP) is 3.34. The van der Waals surface area contributed by atoms with Crippen molar-refractivity contribution < 1.29 is 38.7 Å². The van der Waals surface area contributed by atoms with Gasteiger partial charge in [-0.1, -0.05) is 0 Å². The average molecular weight is 334 g/mol. The molecule has 0 aromatic carbocycles. The molecular formula is C5H12BrF2O3PZn. The van der Waals surface area contributed by atoms with E-state index in [-0.39, 0.29) is 0 Å². The third kappa shape index (κ3) is 32.0. The van der Waals surface area contributed by atoms with Gasteiger partial charge < -0.3 is 17.8 Å². The van der Waals surface area contributed by atoms with Gasteiger partial charge in [-0.3, -0.25) is 4.57 Å². The quantitative estimate of drug-likeness (QED) is 0.449. The van der Waals surface area contributed by atoms with E-state index in [2.05, 4.69) is 22.7 Å². The van der Waals surface area contributed by atoms with Gasteiger partial charge in [0.15, 0.2) is 0 Å². The van der Waals surface area contributed by atoms with Crippen LogP contribution in [0.25, 0.3) is 0 Å². The summed E-state index contributed by atoms with van der Waals surface area (Å²) in [6.45, 7) is 3.47. The zero-order valence-corrected chi connectivity index (χ0v) is 13.1. The van der Waals surface area contributed by atoms with Crippen molar-refractivity contribution in [1.82, 2.24) is 0 Å². The Labute approximate surface area is 94.5 Å². The second-order valence-corrected chi connectivity index (χ2v) is 2.28. The van der Waals surface area contributed by atoms with E-state index in [1.54, 1.807) is 13.8 Å². The van der Waals surface area contributed by atoms with Gasteiger partial charge in [0.25, 0.3) is 0 Å². The Kier molecular flexibility index (Phi) is 35.0. The van der Waals surface area contributed by atoms with Crippen molar-refractivity contribution in [2.24, 2.45) is 0 Å². The van der Waals surface area contributed by atoms with Crippen molar-refractivity contribution in [2.75, 3.05) is 13.2 Å². The summed E-state index contributed by atoms with van der Waals surface area (Å²) in [7, 11) is -2.14. The standard InChI is InChI=1S/C4H11O3P.CHF2.BrH.Zn/c1-3-6-8(5)7-4-2;2-1-3;;/h8H,3-4H2,1-2H3;1H;1H;/q;-1;;+2/p-1. The predicted molar refractivity (Wildman–Crippen MR) is 47.7 cm³/mol. The molecule has 0 amide bonds. The van der Waals surface area contributed by atoms with Crippen LogP contribution in [0, 0.1) is 6.93 Å². The molecule has 0 N–H and O–H groups in total. The average Bonchev–Trinajstić information content (AvgIpc) is 2.10. The first-order valence-electron chi connectivity index (χ1n) is 3.31. The van der Waals surface area contributed by atoms with Gasteiger partial charge in [0, 0.05) is 0 Å². The summed E-state index contributed by atoms with van der Waals surface area (Å²) in [5.41, 5.74) is 0. The monoisotopic (exact) mass is 332 g/mol. The van der Waals surface area contributed by atoms with Crippen LogP contribution in [0.1, 0.15) is 13.8 Å². The fourth-order valence-corrected chi connectivity index (χ4v) is 0.832. The second-order valence-electron chi connectivity index (χ2n) is 1.20. The molecular weight excluding hydrogens is 322 g/mol. The zero-order chi connectivity index (χ0) is 11.1. The van der Waals surface area contributed by atoms with Crippen LogP contribution >= 0.6 is 21.9 Å². The Hall–Kier alpha value is 1.11. The summed E-state index contributed by atoms with van der Waals surface area (Å²) in [5, 5.41) is 0. The molecule has 0 aliphatic carbocycles. The van der Waals surface area contributed by atoms with Crippen LogP contribution in [0.5, 0.6) is 0 Å². The molecule has 0 rings (SSSR count). The molecule has 0 atom stereocenters. The molecule has 78 valence electrons. The van der Waals surface area contributed by atoms with Gasteiger partial charge in [0.05, 0.1) is 13.2 Å². The van der Waals surface area contributed by atoms with E-state index in [1.165, 1.54) is 16.3 Å². The van der Waals surface area contributed by atoms with Crippen molar-refractivity contribution >= 4 is 21.9 Å². The number of halogens is 3. The van der Waals surface area contributed by atoms with Gasteiger partial charge in [0.2, 0.25) is 0 Å². The van der Waals surface area contributed by atoms with Gasteiger partial charge in [0.1, 0.15) is 0 Å². The molecule has 0 bridgehead atoms. The summed E-state index contributed by atoms with van der Waals surface area (Å²) in [4.78, 5) is 0. The maximum absolute atomic E-state index is 10.4. The van der Waals surface area contributed by atoms with Gasteiger partial charge in [-0.25, -0.2) is 0 Å². The number of rotatable bonds is 4. The van der Waals surface area contributed by atoms with E-state index >= 15 is 0 Å². The molecule has 0 radical (unpaired) electrons. The zero-order valence-electron chi connectivity index (χ0n) is 7.56. The topological polar surface area (TPSA) is 35.5 Å². The van der Waals surface area contributed by atoms with Gasteiger partial charge in [-0.2, -0.15) is 0 Å². The molecule has 3 nitrogen and oxygen atoms in total. The number of hydrogen-bond donors (Lipinski definition) is 0. The van der Waals surface area contributed by atoms with Crippen LogP contribution in [0.3, 0.4) is 0 Å². The van der Waals surface area contributed by atoms with E-state index in [9.17, 15) is 13.3 Å². The van der Waals surface area contributed by atoms with E-state index in [4.69, 9.17) is 0 Å². The van der Waals surface area contributed by atoms with Crippen molar-refractivity contribution in [1.29, 1.82) is 0 Å². The van der Waals surface area contributed by atoms with Crippen molar-refractivity contribution in [3.8, 4) is 0 Å². The molecule has 0 saturated carbocycles. The Balaban J connectivity index is -0.000000169. The van der Waals surface area contributed by atoms with Crippen LogP contribution < -0.4 is 0 Å².